The molecule has 146 valence electrons. The van der Waals surface area contributed by atoms with E-state index < -0.39 is 0 Å². The zero-order valence-corrected chi connectivity index (χ0v) is 16.0. The van der Waals surface area contributed by atoms with Gasteiger partial charge in [-0.2, -0.15) is 0 Å². The van der Waals surface area contributed by atoms with Crippen molar-refractivity contribution in [2.45, 2.75) is 82.3 Å². The highest BCUT2D eigenvalue weighted by molar-refractivity contribution is 5.78. The molecule has 4 bridgehead atoms. The maximum atomic E-state index is 12.4. The highest BCUT2D eigenvalue weighted by atomic mass is 16.2. The molecule has 1 aliphatic heterocycles. The summed E-state index contributed by atoms with van der Waals surface area (Å²) >= 11 is 0. The van der Waals surface area contributed by atoms with E-state index in [2.05, 4.69) is 28.2 Å². The fourth-order valence-electron chi connectivity index (χ4n) is 6.36. The summed E-state index contributed by atoms with van der Waals surface area (Å²) in [5.74, 6) is 2.48. The molecule has 26 heavy (non-hydrogen) atoms. The SMILES string of the molecule is CC1NCCCC1NC(=O)CCNC(=O)NC12CC3CC(CC(C3)C1)C2. The second-order valence-corrected chi connectivity index (χ2v) is 9.39. The number of amides is 3. The van der Waals surface area contributed by atoms with Crippen molar-refractivity contribution >= 4 is 11.9 Å². The zero-order chi connectivity index (χ0) is 18.1. The predicted molar refractivity (Wildman–Crippen MR) is 101 cm³/mol. The molecule has 1 heterocycles. The van der Waals surface area contributed by atoms with Gasteiger partial charge < -0.3 is 21.3 Å². The average molecular weight is 363 g/mol. The van der Waals surface area contributed by atoms with E-state index in [0.29, 0.717) is 19.0 Å². The third-order valence-electron chi connectivity index (χ3n) is 7.16. The number of hydrogen-bond acceptors (Lipinski definition) is 3. The van der Waals surface area contributed by atoms with Gasteiger partial charge in [-0.1, -0.05) is 0 Å². The van der Waals surface area contributed by atoms with Gasteiger partial charge in [0.2, 0.25) is 5.91 Å². The normalized spacial score (nSPS) is 40.9. The fourth-order valence-corrected chi connectivity index (χ4v) is 6.36. The molecule has 6 heteroatoms. The number of nitrogens with one attached hydrogen (secondary N) is 4. The predicted octanol–water partition coefficient (Wildman–Crippen LogP) is 1.90. The molecule has 4 saturated carbocycles. The van der Waals surface area contributed by atoms with Crippen molar-refractivity contribution in [1.82, 2.24) is 21.3 Å². The molecular weight excluding hydrogens is 328 g/mol. The summed E-state index contributed by atoms with van der Waals surface area (Å²) in [6, 6.07) is 0.435. The number of piperidine rings is 1. The Morgan fingerprint density at radius 2 is 1.73 bits per heavy atom. The molecule has 5 rings (SSSR count). The molecule has 6 nitrogen and oxygen atoms in total. The summed E-state index contributed by atoms with van der Waals surface area (Å²) in [5.41, 5.74) is 0.0320. The number of urea groups is 1. The monoisotopic (exact) mass is 362 g/mol. The maximum absolute atomic E-state index is 12.4. The maximum Gasteiger partial charge on any atom is 0.315 e. The van der Waals surface area contributed by atoms with E-state index >= 15 is 0 Å². The van der Waals surface area contributed by atoms with Crippen LogP contribution in [-0.4, -0.2) is 42.7 Å². The first-order chi connectivity index (χ1) is 12.5. The minimum Gasteiger partial charge on any atom is -0.352 e. The molecule has 0 radical (unpaired) electrons. The summed E-state index contributed by atoms with van der Waals surface area (Å²) < 4.78 is 0. The van der Waals surface area contributed by atoms with Crippen LogP contribution in [0.4, 0.5) is 4.79 Å². The molecular formula is C20H34N4O2. The molecule has 0 spiro atoms. The van der Waals surface area contributed by atoms with Crippen molar-refractivity contribution in [2.75, 3.05) is 13.1 Å². The minimum absolute atomic E-state index is 0.0284. The Morgan fingerprint density at radius 1 is 1.08 bits per heavy atom. The average Bonchev–Trinajstić information content (AvgIpc) is 2.55. The summed E-state index contributed by atoms with van der Waals surface area (Å²) in [7, 11) is 0. The quantitative estimate of drug-likeness (QED) is 0.603. The van der Waals surface area contributed by atoms with Crippen LogP contribution in [0, 0.1) is 17.8 Å². The Hall–Kier alpha value is -1.30. The van der Waals surface area contributed by atoms with E-state index in [4.69, 9.17) is 0 Å². The van der Waals surface area contributed by atoms with Crippen LogP contribution in [-0.2, 0) is 4.79 Å². The molecule has 2 unspecified atom stereocenters. The van der Waals surface area contributed by atoms with Gasteiger partial charge in [0.1, 0.15) is 0 Å². The lowest BCUT2D eigenvalue weighted by atomic mass is 9.53. The van der Waals surface area contributed by atoms with Gasteiger partial charge in [-0.05, 0) is 82.6 Å². The lowest BCUT2D eigenvalue weighted by Crippen LogP contribution is -2.61. The molecule has 4 aliphatic carbocycles. The topological polar surface area (TPSA) is 82.3 Å². The van der Waals surface area contributed by atoms with Crippen molar-refractivity contribution in [3.63, 3.8) is 0 Å². The summed E-state index contributed by atoms with van der Waals surface area (Å²) in [4.78, 5) is 24.5. The van der Waals surface area contributed by atoms with Gasteiger partial charge in [-0.15, -0.1) is 0 Å². The van der Waals surface area contributed by atoms with Crippen LogP contribution in [0.1, 0.15) is 64.7 Å². The van der Waals surface area contributed by atoms with E-state index in [9.17, 15) is 9.59 Å². The zero-order valence-electron chi connectivity index (χ0n) is 16.0. The number of hydrogen-bond donors (Lipinski definition) is 4. The van der Waals surface area contributed by atoms with E-state index in [1.165, 1.54) is 19.3 Å². The van der Waals surface area contributed by atoms with Crippen molar-refractivity contribution in [1.29, 1.82) is 0 Å². The Balaban J connectivity index is 1.18. The van der Waals surface area contributed by atoms with E-state index in [1.807, 2.05) is 0 Å². The Morgan fingerprint density at radius 3 is 2.35 bits per heavy atom. The number of carbonyl (C=O) groups excluding carboxylic acids is 2. The lowest BCUT2D eigenvalue weighted by molar-refractivity contribution is -0.122. The summed E-state index contributed by atoms with van der Waals surface area (Å²) in [5, 5.41) is 12.7. The van der Waals surface area contributed by atoms with E-state index in [0.717, 1.165) is 56.4 Å². The van der Waals surface area contributed by atoms with E-state index in [-0.39, 0.29) is 23.5 Å². The highest BCUT2D eigenvalue weighted by Gasteiger charge is 2.51. The molecule has 0 aromatic rings. The Labute approximate surface area is 156 Å². The van der Waals surface area contributed by atoms with Crippen LogP contribution < -0.4 is 21.3 Å². The van der Waals surface area contributed by atoms with Crippen LogP contribution >= 0.6 is 0 Å². The third kappa shape index (κ3) is 4.00. The Kier molecular flexibility index (Phi) is 5.13. The first-order valence-electron chi connectivity index (χ1n) is 10.6. The largest absolute Gasteiger partial charge is 0.352 e. The molecule has 2 atom stereocenters. The lowest BCUT2D eigenvalue weighted by Gasteiger charge is -2.56. The second-order valence-electron chi connectivity index (χ2n) is 9.39. The van der Waals surface area contributed by atoms with Crippen LogP contribution in [0.2, 0.25) is 0 Å². The van der Waals surface area contributed by atoms with Crippen LogP contribution in [0.25, 0.3) is 0 Å². The Bertz CT molecular complexity index is 515. The van der Waals surface area contributed by atoms with Crippen molar-refractivity contribution in [3.05, 3.63) is 0 Å². The summed E-state index contributed by atoms with van der Waals surface area (Å²) in [6.07, 6.45) is 10.0. The molecule has 3 amide bonds. The number of carbonyl (C=O) groups is 2. The first-order valence-corrected chi connectivity index (χ1v) is 10.6. The van der Waals surface area contributed by atoms with Crippen LogP contribution in [0.5, 0.6) is 0 Å². The molecule has 0 aromatic heterocycles. The fraction of sp³-hybridized carbons (Fsp3) is 0.900. The van der Waals surface area contributed by atoms with Crippen molar-refractivity contribution in [3.8, 4) is 0 Å². The van der Waals surface area contributed by atoms with Gasteiger partial charge in [0.05, 0.1) is 0 Å². The minimum atomic E-state index is -0.0903. The summed E-state index contributed by atoms with van der Waals surface area (Å²) in [6.45, 7) is 3.54. The molecule has 1 saturated heterocycles. The van der Waals surface area contributed by atoms with Gasteiger partial charge in [-0.3, -0.25) is 4.79 Å². The van der Waals surface area contributed by atoms with Crippen molar-refractivity contribution < 1.29 is 9.59 Å². The van der Waals surface area contributed by atoms with Crippen molar-refractivity contribution in [2.24, 2.45) is 17.8 Å². The van der Waals surface area contributed by atoms with Gasteiger partial charge in [0, 0.05) is 30.6 Å². The van der Waals surface area contributed by atoms with Gasteiger partial charge in [-0.25, -0.2) is 4.79 Å². The molecule has 4 N–H and O–H groups in total. The van der Waals surface area contributed by atoms with Gasteiger partial charge in [0.25, 0.3) is 0 Å². The highest BCUT2D eigenvalue weighted by Crippen LogP contribution is 2.55. The molecule has 0 aromatic carbocycles. The standard InChI is InChI=1S/C20H34N4O2/c1-13-17(3-2-5-21-13)23-18(25)4-6-22-19(26)24-20-10-14-7-15(11-20)9-16(8-14)12-20/h13-17,21H,2-12H2,1H3,(H,23,25)(H2,22,24,26). The second kappa shape index (κ2) is 7.37. The van der Waals surface area contributed by atoms with Crippen LogP contribution in [0.3, 0.4) is 0 Å². The smallest absolute Gasteiger partial charge is 0.315 e. The number of rotatable bonds is 5. The molecule has 5 fully saturated rings. The van der Waals surface area contributed by atoms with E-state index in [1.54, 1.807) is 0 Å². The van der Waals surface area contributed by atoms with Gasteiger partial charge in [0.15, 0.2) is 0 Å². The van der Waals surface area contributed by atoms with Gasteiger partial charge >= 0.3 is 6.03 Å². The molecule has 5 aliphatic rings. The van der Waals surface area contributed by atoms with Crippen LogP contribution in [0.15, 0.2) is 0 Å². The first kappa shape index (κ1) is 18.1. The third-order valence-corrected chi connectivity index (χ3v) is 7.16.